The molecule has 0 spiro atoms. The Hall–Kier alpha value is -1.02. The van der Waals surface area contributed by atoms with Gasteiger partial charge in [-0.25, -0.2) is 0 Å². The van der Waals surface area contributed by atoms with Gasteiger partial charge in [0.2, 0.25) is 0 Å². The minimum absolute atomic E-state index is 0.899. The van der Waals surface area contributed by atoms with E-state index in [9.17, 15) is 0 Å². The molecule has 1 saturated carbocycles. The molecule has 1 N–H and O–H groups in total. The zero-order chi connectivity index (χ0) is 11.7. The van der Waals surface area contributed by atoms with Crippen molar-refractivity contribution in [2.24, 2.45) is 5.92 Å². The van der Waals surface area contributed by atoms with Crippen molar-refractivity contribution in [2.45, 2.75) is 19.3 Å². The van der Waals surface area contributed by atoms with Crippen LogP contribution in [0, 0.1) is 5.92 Å². The Balaban J connectivity index is 1.78. The van der Waals surface area contributed by atoms with E-state index >= 15 is 0 Å². The van der Waals surface area contributed by atoms with Gasteiger partial charge in [0.25, 0.3) is 0 Å². The molecule has 0 saturated heterocycles. The Kier molecular flexibility index (Phi) is 3.06. The Morgan fingerprint density at radius 2 is 1.82 bits per heavy atom. The first kappa shape index (κ1) is 11.1. The van der Waals surface area contributed by atoms with Crippen LogP contribution < -0.4 is 5.32 Å². The third kappa shape index (κ3) is 2.47. The van der Waals surface area contributed by atoms with Crippen LogP contribution in [-0.2, 0) is 0 Å². The van der Waals surface area contributed by atoms with Crippen molar-refractivity contribution in [3.8, 4) is 0 Å². The predicted molar refractivity (Wildman–Crippen MR) is 77.5 cm³/mol. The van der Waals surface area contributed by atoms with E-state index in [1.165, 1.54) is 35.7 Å². The average molecular weight is 290 g/mol. The van der Waals surface area contributed by atoms with Crippen LogP contribution in [0.4, 0.5) is 5.69 Å². The van der Waals surface area contributed by atoms with Crippen molar-refractivity contribution < 1.29 is 0 Å². The van der Waals surface area contributed by atoms with Gasteiger partial charge in [-0.3, -0.25) is 0 Å². The fourth-order valence-electron chi connectivity index (χ4n) is 2.29. The summed E-state index contributed by atoms with van der Waals surface area (Å²) in [5.74, 6) is 0.899. The van der Waals surface area contributed by atoms with Crippen LogP contribution in [0.2, 0.25) is 0 Å². The lowest BCUT2D eigenvalue weighted by Crippen LogP contribution is -2.20. The van der Waals surface area contributed by atoms with Crippen molar-refractivity contribution in [2.75, 3.05) is 11.9 Å². The number of benzene rings is 2. The molecular formula is C15H16BrN. The Morgan fingerprint density at radius 3 is 2.59 bits per heavy atom. The summed E-state index contributed by atoms with van der Waals surface area (Å²) in [5, 5.41) is 6.13. The molecule has 0 atom stereocenters. The molecule has 0 radical (unpaired) electrons. The van der Waals surface area contributed by atoms with Gasteiger partial charge in [-0.15, -0.1) is 0 Å². The molecule has 1 aliphatic carbocycles. The summed E-state index contributed by atoms with van der Waals surface area (Å²) >= 11 is 3.50. The largest absolute Gasteiger partial charge is 0.385 e. The van der Waals surface area contributed by atoms with Crippen molar-refractivity contribution in [3.05, 3.63) is 40.9 Å². The molecule has 0 aromatic heterocycles. The highest BCUT2D eigenvalue weighted by Crippen LogP contribution is 2.27. The van der Waals surface area contributed by atoms with E-state index in [-0.39, 0.29) is 0 Å². The van der Waals surface area contributed by atoms with Gasteiger partial charge in [0, 0.05) is 16.7 Å². The fraction of sp³-hybridized carbons (Fsp3) is 0.333. The van der Waals surface area contributed by atoms with Crippen molar-refractivity contribution in [3.63, 3.8) is 0 Å². The molecule has 1 nitrogen and oxygen atoms in total. The minimum Gasteiger partial charge on any atom is -0.385 e. The summed E-state index contributed by atoms with van der Waals surface area (Å²) in [5.41, 5.74) is 1.24. The minimum atomic E-state index is 0.899. The molecule has 0 aliphatic heterocycles. The maximum Gasteiger partial charge on any atom is 0.0346 e. The maximum atomic E-state index is 3.54. The number of nitrogens with one attached hydrogen (secondary N) is 1. The second-order valence-electron chi connectivity index (χ2n) is 4.88. The van der Waals surface area contributed by atoms with Crippen LogP contribution >= 0.6 is 15.9 Å². The predicted octanol–water partition coefficient (Wildman–Crippen LogP) is 4.81. The van der Waals surface area contributed by atoms with Crippen molar-refractivity contribution in [1.29, 1.82) is 0 Å². The standard InChI is InChI=1S/C15H16BrN/c16-14-6-4-13-9-15(7-5-12(13)8-14)17-10-11-2-1-3-11/h4-9,11,17H,1-3,10H2. The van der Waals surface area contributed by atoms with Crippen molar-refractivity contribution in [1.82, 2.24) is 0 Å². The molecule has 3 rings (SSSR count). The Labute approximate surface area is 110 Å². The summed E-state index contributed by atoms with van der Waals surface area (Å²) in [6.45, 7) is 1.13. The third-order valence-electron chi connectivity index (χ3n) is 3.62. The first-order valence-electron chi connectivity index (χ1n) is 6.24. The molecule has 1 aliphatic rings. The van der Waals surface area contributed by atoms with E-state index in [1.807, 2.05) is 0 Å². The topological polar surface area (TPSA) is 12.0 Å². The summed E-state index contributed by atoms with van der Waals surface area (Å²) in [6.07, 6.45) is 4.21. The molecular weight excluding hydrogens is 274 g/mol. The van der Waals surface area contributed by atoms with Gasteiger partial charge in [0.15, 0.2) is 0 Å². The Bertz CT molecular complexity index is 531. The molecule has 2 heteroatoms. The van der Waals surface area contributed by atoms with Crippen LogP contribution in [0.3, 0.4) is 0 Å². The third-order valence-corrected chi connectivity index (χ3v) is 4.12. The van der Waals surface area contributed by atoms with Crippen LogP contribution in [0.1, 0.15) is 19.3 Å². The first-order chi connectivity index (χ1) is 8.31. The van der Waals surface area contributed by atoms with E-state index < -0.39 is 0 Å². The molecule has 88 valence electrons. The van der Waals surface area contributed by atoms with Crippen molar-refractivity contribution >= 4 is 32.4 Å². The van der Waals surface area contributed by atoms with Gasteiger partial charge < -0.3 is 5.32 Å². The summed E-state index contributed by atoms with van der Waals surface area (Å²) in [4.78, 5) is 0. The lowest BCUT2D eigenvalue weighted by Gasteiger charge is -2.25. The highest BCUT2D eigenvalue weighted by atomic mass is 79.9. The SMILES string of the molecule is Brc1ccc2cc(NCC3CCC3)ccc2c1. The van der Waals surface area contributed by atoms with Crippen LogP contribution in [0.25, 0.3) is 10.8 Å². The fourth-order valence-corrected chi connectivity index (χ4v) is 2.66. The zero-order valence-corrected chi connectivity index (χ0v) is 11.3. The van der Waals surface area contributed by atoms with E-state index in [2.05, 4.69) is 57.6 Å². The van der Waals surface area contributed by atoms with Crippen LogP contribution in [0.5, 0.6) is 0 Å². The molecule has 0 unspecified atom stereocenters. The van der Waals surface area contributed by atoms with Crippen LogP contribution in [0.15, 0.2) is 40.9 Å². The van der Waals surface area contributed by atoms with E-state index in [0.717, 1.165) is 16.9 Å². The van der Waals surface area contributed by atoms with E-state index in [0.29, 0.717) is 0 Å². The molecule has 0 heterocycles. The van der Waals surface area contributed by atoms with Gasteiger partial charge in [-0.05, 0) is 53.8 Å². The molecule has 0 bridgehead atoms. The monoisotopic (exact) mass is 289 g/mol. The lowest BCUT2D eigenvalue weighted by molar-refractivity contribution is 0.333. The van der Waals surface area contributed by atoms with Gasteiger partial charge in [0.05, 0.1) is 0 Å². The molecule has 0 amide bonds. The highest BCUT2D eigenvalue weighted by Gasteiger charge is 2.16. The second kappa shape index (κ2) is 4.69. The molecule has 17 heavy (non-hydrogen) atoms. The summed E-state index contributed by atoms with van der Waals surface area (Å²) in [6, 6.07) is 13.0. The van der Waals surface area contributed by atoms with Gasteiger partial charge >= 0.3 is 0 Å². The van der Waals surface area contributed by atoms with E-state index in [4.69, 9.17) is 0 Å². The smallest absolute Gasteiger partial charge is 0.0346 e. The zero-order valence-electron chi connectivity index (χ0n) is 9.75. The average Bonchev–Trinajstić information content (AvgIpc) is 2.27. The van der Waals surface area contributed by atoms with E-state index in [1.54, 1.807) is 0 Å². The van der Waals surface area contributed by atoms with Gasteiger partial charge in [-0.1, -0.05) is 34.5 Å². The highest BCUT2D eigenvalue weighted by molar-refractivity contribution is 9.10. The number of hydrogen-bond donors (Lipinski definition) is 1. The molecule has 2 aromatic carbocycles. The normalized spacial score (nSPS) is 15.8. The second-order valence-corrected chi connectivity index (χ2v) is 5.80. The first-order valence-corrected chi connectivity index (χ1v) is 7.04. The molecule has 1 fully saturated rings. The maximum absolute atomic E-state index is 3.54. The number of fused-ring (bicyclic) bond motifs is 1. The number of anilines is 1. The number of hydrogen-bond acceptors (Lipinski definition) is 1. The molecule has 2 aromatic rings. The summed E-state index contributed by atoms with van der Waals surface area (Å²) in [7, 11) is 0. The van der Waals surface area contributed by atoms with Gasteiger partial charge in [-0.2, -0.15) is 0 Å². The van der Waals surface area contributed by atoms with Gasteiger partial charge in [0.1, 0.15) is 0 Å². The van der Waals surface area contributed by atoms with Crippen LogP contribution in [-0.4, -0.2) is 6.54 Å². The number of rotatable bonds is 3. The quantitative estimate of drug-likeness (QED) is 0.855. The number of halogens is 1. The summed E-state index contributed by atoms with van der Waals surface area (Å²) < 4.78 is 1.14. The lowest BCUT2D eigenvalue weighted by atomic mass is 9.85. The Morgan fingerprint density at radius 1 is 1.06 bits per heavy atom.